The fourth-order valence-corrected chi connectivity index (χ4v) is 2.26. The number of esters is 1. The normalized spacial score (nSPS) is 10.6. The summed E-state index contributed by atoms with van der Waals surface area (Å²) in [6, 6.07) is 7.24. The third-order valence-corrected chi connectivity index (χ3v) is 3.75. The van der Waals surface area contributed by atoms with Gasteiger partial charge in [0.2, 0.25) is 0 Å². The van der Waals surface area contributed by atoms with Crippen LogP contribution in [0.3, 0.4) is 0 Å². The Morgan fingerprint density at radius 2 is 1.73 bits per heavy atom. The van der Waals surface area contributed by atoms with Gasteiger partial charge in [-0.05, 0) is 51.3 Å². The van der Waals surface area contributed by atoms with Gasteiger partial charge < -0.3 is 14.5 Å². The van der Waals surface area contributed by atoms with Gasteiger partial charge in [0.05, 0.1) is 13.5 Å². The summed E-state index contributed by atoms with van der Waals surface area (Å²) in [6.07, 6.45) is 1.07. The molecule has 0 aliphatic carbocycles. The zero-order valence-electron chi connectivity index (χ0n) is 13.3. The molecule has 0 atom stereocenters. The molecular weight excluding hydrogens is 348 g/mol. The topological polar surface area (TPSA) is 49.9 Å². The van der Waals surface area contributed by atoms with Gasteiger partial charge in [-0.3, -0.25) is 9.59 Å². The van der Waals surface area contributed by atoms with Crippen LogP contribution in [-0.2, 0) is 9.53 Å². The van der Waals surface area contributed by atoms with Crippen LogP contribution in [0.4, 0.5) is 0 Å². The van der Waals surface area contributed by atoms with Crippen molar-refractivity contribution in [3.8, 4) is 0 Å². The summed E-state index contributed by atoms with van der Waals surface area (Å²) >= 11 is 3.36. The van der Waals surface area contributed by atoms with Crippen molar-refractivity contribution in [2.45, 2.75) is 12.8 Å². The third-order valence-electron chi connectivity index (χ3n) is 3.23. The lowest BCUT2D eigenvalue weighted by Crippen LogP contribution is -2.35. The van der Waals surface area contributed by atoms with Crippen LogP contribution in [0.1, 0.15) is 23.2 Å². The van der Waals surface area contributed by atoms with Crippen molar-refractivity contribution >= 4 is 27.8 Å². The largest absolute Gasteiger partial charge is 0.469 e. The molecule has 1 amide bonds. The zero-order valence-corrected chi connectivity index (χ0v) is 14.9. The zero-order chi connectivity index (χ0) is 16.5. The summed E-state index contributed by atoms with van der Waals surface area (Å²) in [6.45, 7) is 1.88. The maximum atomic E-state index is 12.6. The van der Waals surface area contributed by atoms with E-state index in [1.165, 1.54) is 7.11 Å². The van der Waals surface area contributed by atoms with Crippen molar-refractivity contribution in [2.24, 2.45) is 0 Å². The maximum Gasteiger partial charge on any atom is 0.307 e. The fraction of sp³-hybridized carbons (Fsp3) is 0.500. The van der Waals surface area contributed by atoms with Gasteiger partial charge >= 0.3 is 5.97 Å². The highest BCUT2D eigenvalue weighted by molar-refractivity contribution is 9.10. The Bertz CT molecular complexity index is 489. The number of hydrogen-bond acceptors (Lipinski definition) is 4. The van der Waals surface area contributed by atoms with E-state index in [1.807, 2.05) is 26.2 Å². The van der Waals surface area contributed by atoms with Crippen LogP contribution in [0.2, 0.25) is 0 Å². The molecule has 0 saturated heterocycles. The van der Waals surface area contributed by atoms with E-state index in [9.17, 15) is 9.59 Å². The van der Waals surface area contributed by atoms with E-state index in [-0.39, 0.29) is 18.3 Å². The Kier molecular flexibility index (Phi) is 8.12. The standard InChI is InChI=1S/C16H23BrN2O3/c1-18(2)10-4-11-19(12-9-15(20)22-3)16(21)13-5-7-14(17)8-6-13/h5-8H,4,9-12H2,1-3H3. The predicted octanol–water partition coefficient (Wildman–Crippen LogP) is 2.41. The maximum absolute atomic E-state index is 12.6. The minimum Gasteiger partial charge on any atom is -0.469 e. The number of hydrogen-bond donors (Lipinski definition) is 0. The van der Waals surface area contributed by atoms with Gasteiger partial charge in [-0.25, -0.2) is 0 Å². The molecule has 0 unspecified atom stereocenters. The van der Waals surface area contributed by atoms with Crippen molar-refractivity contribution in [2.75, 3.05) is 40.8 Å². The molecule has 0 aliphatic rings. The lowest BCUT2D eigenvalue weighted by molar-refractivity contribution is -0.140. The monoisotopic (exact) mass is 370 g/mol. The molecule has 1 rings (SSSR count). The molecule has 0 spiro atoms. The van der Waals surface area contributed by atoms with Gasteiger partial charge in [-0.1, -0.05) is 15.9 Å². The van der Waals surface area contributed by atoms with Crippen LogP contribution in [0.15, 0.2) is 28.7 Å². The highest BCUT2D eigenvalue weighted by Crippen LogP contribution is 2.13. The van der Waals surface area contributed by atoms with Gasteiger partial charge in [0, 0.05) is 23.1 Å². The molecule has 0 bridgehead atoms. The Labute approximate surface area is 140 Å². The molecule has 6 heteroatoms. The van der Waals surface area contributed by atoms with Crippen molar-refractivity contribution in [1.82, 2.24) is 9.80 Å². The highest BCUT2D eigenvalue weighted by atomic mass is 79.9. The number of benzene rings is 1. The fourth-order valence-electron chi connectivity index (χ4n) is 2.00. The highest BCUT2D eigenvalue weighted by Gasteiger charge is 2.17. The van der Waals surface area contributed by atoms with Crippen molar-refractivity contribution in [3.05, 3.63) is 34.3 Å². The first-order valence-electron chi connectivity index (χ1n) is 7.20. The Hall–Kier alpha value is -1.40. The van der Waals surface area contributed by atoms with E-state index < -0.39 is 0 Å². The summed E-state index contributed by atoms with van der Waals surface area (Å²) < 4.78 is 5.58. The number of ether oxygens (including phenoxy) is 1. The summed E-state index contributed by atoms with van der Waals surface area (Å²) in [4.78, 5) is 27.7. The first kappa shape index (κ1) is 18.6. The lowest BCUT2D eigenvalue weighted by atomic mass is 10.2. The summed E-state index contributed by atoms with van der Waals surface area (Å²) in [5, 5.41) is 0. The van der Waals surface area contributed by atoms with Gasteiger partial charge in [0.15, 0.2) is 0 Å². The second-order valence-electron chi connectivity index (χ2n) is 5.28. The van der Waals surface area contributed by atoms with Gasteiger partial charge in [-0.15, -0.1) is 0 Å². The van der Waals surface area contributed by atoms with Gasteiger partial charge in [0.1, 0.15) is 0 Å². The van der Waals surface area contributed by atoms with E-state index in [4.69, 9.17) is 0 Å². The first-order valence-corrected chi connectivity index (χ1v) is 7.99. The van der Waals surface area contributed by atoms with Crippen molar-refractivity contribution in [3.63, 3.8) is 0 Å². The van der Waals surface area contributed by atoms with Crippen molar-refractivity contribution in [1.29, 1.82) is 0 Å². The molecule has 0 N–H and O–H groups in total. The summed E-state index contributed by atoms with van der Waals surface area (Å²) in [5.74, 6) is -0.364. The molecular formula is C16H23BrN2O3. The molecule has 0 heterocycles. The lowest BCUT2D eigenvalue weighted by Gasteiger charge is -2.23. The number of carbonyl (C=O) groups excluding carboxylic acids is 2. The van der Waals surface area contributed by atoms with Crippen LogP contribution < -0.4 is 0 Å². The molecule has 1 aromatic carbocycles. The molecule has 0 radical (unpaired) electrons. The van der Waals surface area contributed by atoms with Crippen molar-refractivity contribution < 1.29 is 14.3 Å². The smallest absolute Gasteiger partial charge is 0.307 e. The van der Waals surface area contributed by atoms with E-state index in [1.54, 1.807) is 17.0 Å². The molecule has 0 aromatic heterocycles. The second-order valence-corrected chi connectivity index (χ2v) is 6.20. The number of halogens is 1. The molecule has 122 valence electrons. The van der Waals surface area contributed by atoms with E-state index in [2.05, 4.69) is 25.6 Å². The molecule has 0 fully saturated rings. The van der Waals surface area contributed by atoms with Gasteiger partial charge in [0.25, 0.3) is 5.91 Å². The minimum absolute atomic E-state index is 0.0600. The minimum atomic E-state index is -0.304. The summed E-state index contributed by atoms with van der Waals surface area (Å²) in [7, 11) is 5.35. The first-order chi connectivity index (χ1) is 10.4. The molecule has 1 aromatic rings. The Morgan fingerprint density at radius 1 is 1.09 bits per heavy atom. The Morgan fingerprint density at radius 3 is 2.27 bits per heavy atom. The van der Waals surface area contributed by atoms with Crippen LogP contribution in [0.25, 0.3) is 0 Å². The van der Waals surface area contributed by atoms with E-state index in [0.717, 1.165) is 17.4 Å². The molecule has 22 heavy (non-hydrogen) atoms. The van der Waals surface area contributed by atoms with Gasteiger partial charge in [-0.2, -0.15) is 0 Å². The quantitative estimate of drug-likeness (QED) is 0.659. The van der Waals surface area contributed by atoms with Crippen LogP contribution in [-0.4, -0.2) is 62.5 Å². The Balaban J connectivity index is 2.71. The van der Waals surface area contributed by atoms with E-state index in [0.29, 0.717) is 18.7 Å². The second kappa shape index (κ2) is 9.58. The number of methoxy groups -OCH3 is 1. The number of nitrogens with zero attached hydrogens (tertiary/aromatic N) is 2. The van der Waals surface area contributed by atoms with Crippen LogP contribution in [0, 0.1) is 0 Å². The van der Waals surface area contributed by atoms with E-state index >= 15 is 0 Å². The molecule has 0 saturated carbocycles. The number of carbonyl (C=O) groups is 2. The number of rotatable bonds is 8. The predicted molar refractivity (Wildman–Crippen MR) is 89.8 cm³/mol. The molecule has 5 nitrogen and oxygen atoms in total. The summed E-state index contributed by atoms with van der Waals surface area (Å²) in [5.41, 5.74) is 0.623. The average molecular weight is 371 g/mol. The van der Waals surface area contributed by atoms with Crippen LogP contribution in [0.5, 0.6) is 0 Å². The average Bonchev–Trinajstić information content (AvgIpc) is 2.50. The third kappa shape index (κ3) is 6.58. The van der Waals surface area contributed by atoms with Crippen LogP contribution >= 0.6 is 15.9 Å². The number of amides is 1. The SMILES string of the molecule is COC(=O)CCN(CCCN(C)C)C(=O)c1ccc(Br)cc1. The molecule has 0 aliphatic heterocycles.